The summed E-state index contributed by atoms with van der Waals surface area (Å²) in [7, 11) is 1.66. The fourth-order valence-corrected chi connectivity index (χ4v) is 2.40. The summed E-state index contributed by atoms with van der Waals surface area (Å²) in [6.45, 7) is 9.56. The lowest BCUT2D eigenvalue weighted by Crippen LogP contribution is -2.34. The summed E-state index contributed by atoms with van der Waals surface area (Å²) in [5, 5.41) is 7.87. The van der Waals surface area contributed by atoms with Crippen molar-refractivity contribution in [2.45, 2.75) is 27.7 Å². The summed E-state index contributed by atoms with van der Waals surface area (Å²) in [4.78, 5) is 0. The Labute approximate surface area is 126 Å². The van der Waals surface area contributed by atoms with E-state index in [0.29, 0.717) is 18.3 Å². The fourth-order valence-electron chi connectivity index (χ4n) is 2.25. The smallest absolute Gasteiger partial charge is 0.187 e. The lowest BCUT2D eigenvalue weighted by atomic mass is 9.97. The van der Waals surface area contributed by atoms with E-state index in [1.54, 1.807) is 7.11 Å². The molecule has 1 rings (SSSR count). The zero-order valence-corrected chi connectivity index (χ0v) is 13.6. The molecule has 0 amide bonds. The van der Waals surface area contributed by atoms with Crippen LogP contribution < -0.4 is 10.7 Å². The van der Waals surface area contributed by atoms with Crippen molar-refractivity contribution in [1.82, 2.24) is 10.7 Å². The number of methoxy groups -OCH3 is 1. The van der Waals surface area contributed by atoms with Crippen LogP contribution >= 0.6 is 12.2 Å². The summed E-state index contributed by atoms with van der Waals surface area (Å²) in [6, 6.07) is 4.33. The molecule has 0 radical (unpaired) electrons. The highest BCUT2D eigenvalue weighted by atomic mass is 32.1. The second kappa shape index (κ2) is 7.97. The third kappa shape index (κ3) is 4.90. The maximum atomic E-state index is 5.14. The molecule has 4 nitrogen and oxygen atoms in total. The number of hydrazone groups is 1. The Morgan fingerprint density at radius 3 is 2.40 bits per heavy atom. The number of benzene rings is 1. The van der Waals surface area contributed by atoms with Crippen LogP contribution in [0.25, 0.3) is 0 Å². The van der Waals surface area contributed by atoms with Gasteiger partial charge in [0.15, 0.2) is 5.11 Å². The molecule has 0 spiro atoms. The maximum absolute atomic E-state index is 5.14. The molecule has 0 heterocycles. The number of ether oxygens (including phenoxy) is 1. The van der Waals surface area contributed by atoms with Gasteiger partial charge in [-0.3, -0.25) is 5.43 Å². The number of rotatable bonds is 5. The molecule has 0 unspecified atom stereocenters. The Kier molecular flexibility index (Phi) is 6.61. The molecule has 110 valence electrons. The number of hydrogen-bond acceptors (Lipinski definition) is 3. The van der Waals surface area contributed by atoms with Crippen LogP contribution in [0.3, 0.4) is 0 Å². The molecule has 0 aliphatic rings. The normalized spacial score (nSPS) is 11.3. The van der Waals surface area contributed by atoms with Gasteiger partial charge in [0.1, 0.15) is 0 Å². The van der Waals surface area contributed by atoms with E-state index in [2.05, 4.69) is 48.7 Å². The van der Waals surface area contributed by atoms with E-state index in [-0.39, 0.29) is 0 Å². The largest absolute Gasteiger partial charge is 0.383 e. The van der Waals surface area contributed by atoms with Gasteiger partial charge in [0, 0.05) is 19.2 Å². The van der Waals surface area contributed by atoms with Crippen molar-refractivity contribution >= 4 is 23.0 Å². The second-order valence-corrected chi connectivity index (χ2v) is 5.24. The monoisotopic (exact) mass is 293 g/mol. The zero-order chi connectivity index (χ0) is 15.1. The second-order valence-electron chi connectivity index (χ2n) is 4.83. The molecule has 0 aliphatic heterocycles. The minimum atomic E-state index is 0.504. The first-order valence-electron chi connectivity index (χ1n) is 6.61. The van der Waals surface area contributed by atoms with Gasteiger partial charge in [0.25, 0.3) is 0 Å². The summed E-state index contributed by atoms with van der Waals surface area (Å²) in [5.41, 5.74) is 8.67. The van der Waals surface area contributed by atoms with Gasteiger partial charge in [-0.1, -0.05) is 17.7 Å². The molecule has 2 N–H and O–H groups in total. The van der Waals surface area contributed by atoms with Gasteiger partial charge in [0.2, 0.25) is 0 Å². The predicted octanol–water partition coefficient (Wildman–Crippen LogP) is 2.45. The number of thiocarbonyl (C=S) groups is 1. The molecule has 5 heteroatoms. The number of nitrogens with one attached hydrogen (secondary N) is 2. The molecule has 20 heavy (non-hydrogen) atoms. The lowest BCUT2D eigenvalue weighted by molar-refractivity contribution is 0.204. The van der Waals surface area contributed by atoms with Gasteiger partial charge in [-0.05, 0) is 51.0 Å². The molecule has 0 aliphatic carbocycles. The van der Waals surface area contributed by atoms with Gasteiger partial charge in [0.05, 0.1) is 12.3 Å². The summed E-state index contributed by atoms with van der Waals surface area (Å²) >= 11 is 5.14. The van der Waals surface area contributed by atoms with Crippen molar-refractivity contribution in [1.29, 1.82) is 0 Å². The Morgan fingerprint density at radius 1 is 1.25 bits per heavy atom. The van der Waals surface area contributed by atoms with E-state index in [9.17, 15) is 0 Å². The molecule has 0 saturated heterocycles. The highest BCUT2D eigenvalue weighted by molar-refractivity contribution is 7.80. The molecule has 0 atom stereocenters. The Balaban J connectivity index is 2.72. The molecular weight excluding hydrogens is 270 g/mol. The van der Waals surface area contributed by atoms with E-state index < -0.39 is 0 Å². The van der Waals surface area contributed by atoms with E-state index in [0.717, 1.165) is 5.71 Å². The first-order chi connectivity index (χ1) is 9.45. The van der Waals surface area contributed by atoms with Crippen LogP contribution in [0.15, 0.2) is 17.2 Å². The summed E-state index contributed by atoms with van der Waals surface area (Å²) < 4.78 is 4.94. The van der Waals surface area contributed by atoms with Crippen LogP contribution in [0, 0.1) is 20.8 Å². The highest BCUT2D eigenvalue weighted by Gasteiger charge is 2.07. The van der Waals surface area contributed by atoms with Crippen molar-refractivity contribution in [3.05, 3.63) is 34.4 Å². The van der Waals surface area contributed by atoms with Crippen molar-refractivity contribution in [2.24, 2.45) is 5.10 Å². The number of hydrogen-bond donors (Lipinski definition) is 2. The topological polar surface area (TPSA) is 45.6 Å². The molecular formula is C15H23N3OS. The fraction of sp³-hybridized carbons (Fsp3) is 0.467. The van der Waals surface area contributed by atoms with Crippen LogP contribution in [0.1, 0.15) is 29.2 Å². The molecule has 0 aromatic heterocycles. The molecule has 1 aromatic rings. The standard InChI is InChI=1S/C15H23N3OS/c1-10-8-11(2)14(12(3)9-10)13(4)17-18-15(20)16-6-7-19-5/h8-9H,6-7H2,1-5H3,(H2,16,18,20)/b17-13-. The van der Waals surface area contributed by atoms with Crippen LogP contribution in [0.2, 0.25) is 0 Å². The van der Waals surface area contributed by atoms with Crippen LogP contribution in [-0.4, -0.2) is 31.1 Å². The molecule has 0 bridgehead atoms. The quantitative estimate of drug-likeness (QED) is 0.379. The average molecular weight is 293 g/mol. The van der Waals surface area contributed by atoms with Crippen molar-refractivity contribution in [2.75, 3.05) is 20.3 Å². The molecule has 0 saturated carbocycles. The van der Waals surface area contributed by atoms with E-state index >= 15 is 0 Å². The SMILES string of the molecule is COCCNC(=S)N/N=C(/C)c1c(C)cc(C)cc1C. The van der Waals surface area contributed by atoms with Crippen LogP contribution in [0.4, 0.5) is 0 Å². The van der Waals surface area contributed by atoms with Gasteiger partial charge < -0.3 is 10.1 Å². The van der Waals surface area contributed by atoms with Gasteiger partial charge in [-0.15, -0.1) is 0 Å². The Morgan fingerprint density at radius 2 is 1.85 bits per heavy atom. The number of aryl methyl sites for hydroxylation is 3. The highest BCUT2D eigenvalue weighted by Crippen LogP contribution is 2.17. The van der Waals surface area contributed by atoms with E-state index in [1.165, 1.54) is 22.3 Å². The Bertz CT molecular complexity index is 489. The first-order valence-corrected chi connectivity index (χ1v) is 7.01. The lowest BCUT2D eigenvalue weighted by Gasteiger charge is -2.12. The van der Waals surface area contributed by atoms with Crippen LogP contribution in [-0.2, 0) is 4.74 Å². The predicted molar refractivity (Wildman–Crippen MR) is 88.5 cm³/mol. The number of nitrogens with zero attached hydrogens (tertiary/aromatic N) is 1. The third-order valence-corrected chi connectivity index (χ3v) is 3.19. The maximum Gasteiger partial charge on any atom is 0.187 e. The summed E-state index contributed by atoms with van der Waals surface area (Å²) in [5.74, 6) is 0. The van der Waals surface area contributed by atoms with Crippen LogP contribution in [0.5, 0.6) is 0 Å². The average Bonchev–Trinajstić information content (AvgIpc) is 2.35. The Hall–Kier alpha value is -1.46. The first kappa shape index (κ1) is 16.6. The van der Waals surface area contributed by atoms with Gasteiger partial charge >= 0.3 is 0 Å². The summed E-state index contributed by atoms with van der Waals surface area (Å²) in [6.07, 6.45) is 0. The minimum absolute atomic E-state index is 0.504. The van der Waals surface area contributed by atoms with E-state index in [4.69, 9.17) is 17.0 Å². The van der Waals surface area contributed by atoms with Gasteiger partial charge in [-0.25, -0.2) is 0 Å². The van der Waals surface area contributed by atoms with Crippen molar-refractivity contribution in [3.8, 4) is 0 Å². The molecule has 1 aromatic carbocycles. The van der Waals surface area contributed by atoms with Gasteiger partial charge in [-0.2, -0.15) is 5.10 Å². The zero-order valence-electron chi connectivity index (χ0n) is 12.8. The van der Waals surface area contributed by atoms with E-state index in [1.807, 2.05) is 6.92 Å². The third-order valence-electron chi connectivity index (χ3n) is 2.96. The molecule has 0 fully saturated rings. The van der Waals surface area contributed by atoms with Crippen molar-refractivity contribution < 1.29 is 4.74 Å². The van der Waals surface area contributed by atoms with Crippen molar-refractivity contribution in [3.63, 3.8) is 0 Å². The minimum Gasteiger partial charge on any atom is -0.383 e.